The summed E-state index contributed by atoms with van der Waals surface area (Å²) in [5.41, 5.74) is 1.28. The van der Waals surface area contributed by atoms with Crippen LogP contribution in [0.5, 0.6) is 11.5 Å². The molecule has 0 heterocycles. The highest BCUT2D eigenvalue weighted by Crippen LogP contribution is 2.27. The average Bonchev–Trinajstić information content (AvgIpc) is 2.61. The van der Waals surface area contributed by atoms with Crippen LogP contribution in [0.3, 0.4) is 0 Å². The predicted octanol–water partition coefficient (Wildman–Crippen LogP) is 2.43. The number of ketones is 1. The molecule has 0 saturated heterocycles. The second-order valence-electron chi connectivity index (χ2n) is 5.42. The molecule has 2 aromatic carbocycles. The zero-order valence-corrected chi connectivity index (χ0v) is 15.2. The van der Waals surface area contributed by atoms with E-state index in [2.05, 4.69) is 4.72 Å². The fourth-order valence-electron chi connectivity index (χ4n) is 2.33. The van der Waals surface area contributed by atoms with Crippen molar-refractivity contribution in [3.05, 3.63) is 53.6 Å². The number of nitrogens with one attached hydrogen (secondary N) is 1. The number of benzene rings is 2. The zero-order valence-electron chi connectivity index (χ0n) is 14.4. The lowest BCUT2D eigenvalue weighted by molar-refractivity contribution is 0.101. The van der Waals surface area contributed by atoms with Crippen LogP contribution in [0.25, 0.3) is 0 Å². The summed E-state index contributed by atoms with van der Waals surface area (Å²) < 4.78 is 37.7. The van der Waals surface area contributed by atoms with Crippen LogP contribution in [0.2, 0.25) is 0 Å². The Kier molecular flexibility index (Phi) is 6.17. The van der Waals surface area contributed by atoms with Gasteiger partial charge in [0.15, 0.2) is 17.3 Å². The van der Waals surface area contributed by atoms with Crippen molar-refractivity contribution < 1.29 is 22.7 Å². The van der Waals surface area contributed by atoms with Crippen LogP contribution in [0, 0.1) is 0 Å². The first-order valence-electron chi connectivity index (χ1n) is 7.69. The first-order chi connectivity index (χ1) is 11.9. The van der Waals surface area contributed by atoms with E-state index in [-0.39, 0.29) is 17.2 Å². The molecule has 0 aliphatic carbocycles. The van der Waals surface area contributed by atoms with Gasteiger partial charge in [-0.25, -0.2) is 13.1 Å². The summed E-state index contributed by atoms with van der Waals surface area (Å²) in [6.07, 6.45) is 0.492. The van der Waals surface area contributed by atoms with E-state index >= 15 is 0 Å². The molecule has 0 bridgehead atoms. The number of Topliss-reactive ketones (excluding diaryl/α,β-unsaturated/α-hetero) is 1. The maximum atomic E-state index is 12.4. The van der Waals surface area contributed by atoms with Crippen molar-refractivity contribution in [3.63, 3.8) is 0 Å². The summed E-state index contributed by atoms with van der Waals surface area (Å²) in [4.78, 5) is 11.5. The maximum absolute atomic E-state index is 12.4. The molecular formula is C18H21NO5S. The van der Waals surface area contributed by atoms with Crippen LogP contribution < -0.4 is 14.2 Å². The summed E-state index contributed by atoms with van der Waals surface area (Å²) in [5, 5.41) is 0. The van der Waals surface area contributed by atoms with E-state index in [1.165, 1.54) is 19.1 Å². The molecule has 25 heavy (non-hydrogen) atoms. The van der Waals surface area contributed by atoms with E-state index in [0.717, 1.165) is 5.56 Å². The summed E-state index contributed by atoms with van der Waals surface area (Å²) in [5.74, 6) is 1.03. The SMILES string of the molecule is COc1ccc(CCNS(=O)(=O)c2cccc(C(C)=O)c2)cc1OC. The highest BCUT2D eigenvalue weighted by Gasteiger charge is 2.15. The van der Waals surface area contributed by atoms with Crippen LogP contribution in [0.1, 0.15) is 22.8 Å². The minimum absolute atomic E-state index is 0.0764. The lowest BCUT2D eigenvalue weighted by Crippen LogP contribution is -2.26. The highest BCUT2D eigenvalue weighted by molar-refractivity contribution is 7.89. The average molecular weight is 363 g/mol. The molecule has 7 heteroatoms. The Balaban J connectivity index is 2.05. The number of sulfonamides is 1. The van der Waals surface area contributed by atoms with Gasteiger partial charge in [0.25, 0.3) is 0 Å². The number of hydrogen-bond donors (Lipinski definition) is 1. The molecule has 2 rings (SSSR count). The van der Waals surface area contributed by atoms with E-state index in [1.807, 2.05) is 12.1 Å². The molecule has 2 aromatic rings. The van der Waals surface area contributed by atoms with Gasteiger partial charge in [-0.3, -0.25) is 4.79 Å². The first-order valence-corrected chi connectivity index (χ1v) is 9.17. The number of carbonyl (C=O) groups is 1. The third kappa shape index (κ3) is 4.80. The minimum Gasteiger partial charge on any atom is -0.493 e. The molecule has 6 nitrogen and oxygen atoms in total. The van der Waals surface area contributed by atoms with E-state index in [0.29, 0.717) is 23.5 Å². The monoisotopic (exact) mass is 363 g/mol. The van der Waals surface area contributed by atoms with E-state index in [9.17, 15) is 13.2 Å². The Morgan fingerprint density at radius 2 is 1.76 bits per heavy atom. The van der Waals surface area contributed by atoms with Crippen molar-refractivity contribution in [3.8, 4) is 11.5 Å². The van der Waals surface area contributed by atoms with Gasteiger partial charge >= 0.3 is 0 Å². The van der Waals surface area contributed by atoms with Crippen molar-refractivity contribution in [2.45, 2.75) is 18.2 Å². The van der Waals surface area contributed by atoms with Crippen LogP contribution in [0.15, 0.2) is 47.4 Å². The largest absolute Gasteiger partial charge is 0.493 e. The molecule has 0 radical (unpaired) electrons. The molecule has 0 fully saturated rings. The molecule has 0 saturated carbocycles. The number of ether oxygens (including phenoxy) is 2. The second-order valence-corrected chi connectivity index (χ2v) is 7.19. The van der Waals surface area contributed by atoms with Crippen LogP contribution in [-0.4, -0.2) is 35.0 Å². The molecule has 134 valence electrons. The molecule has 0 aromatic heterocycles. The van der Waals surface area contributed by atoms with Gasteiger partial charge in [-0.2, -0.15) is 0 Å². The molecular weight excluding hydrogens is 342 g/mol. The number of methoxy groups -OCH3 is 2. The quantitative estimate of drug-likeness (QED) is 0.729. The lowest BCUT2D eigenvalue weighted by atomic mass is 10.1. The fraction of sp³-hybridized carbons (Fsp3) is 0.278. The molecule has 0 amide bonds. The molecule has 0 aliphatic rings. The predicted molar refractivity (Wildman–Crippen MR) is 94.9 cm³/mol. The van der Waals surface area contributed by atoms with Crippen molar-refractivity contribution >= 4 is 15.8 Å². The highest BCUT2D eigenvalue weighted by atomic mass is 32.2. The van der Waals surface area contributed by atoms with Crippen LogP contribution >= 0.6 is 0 Å². The smallest absolute Gasteiger partial charge is 0.240 e. The van der Waals surface area contributed by atoms with Gasteiger partial charge in [0.2, 0.25) is 10.0 Å². The summed E-state index contributed by atoms with van der Waals surface area (Å²) >= 11 is 0. The Bertz CT molecular complexity index is 862. The summed E-state index contributed by atoms with van der Waals surface area (Å²) in [7, 11) is -0.569. The zero-order chi connectivity index (χ0) is 18.4. The topological polar surface area (TPSA) is 81.7 Å². The second kappa shape index (κ2) is 8.13. The fourth-order valence-corrected chi connectivity index (χ4v) is 3.41. The van der Waals surface area contributed by atoms with Gasteiger partial charge in [0.05, 0.1) is 19.1 Å². The molecule has 0 aliphatic heterocycles. The van der Waals surface area contributed by atoms with E-state index in [4.69, 9.17) is 9.47 Å². The third-order valence-electron chi connectivity index (χ3n) is 3.70. The standard InChI is InChI=1S/C18H21NO5S/c1-13(20)15-5-4-6-16(12-15)25(21,22)19-10-9-14-7-8-17(23-2)18(11-14)24-3/h4-8,11-12,19H,9-10H2,1-3H3. The normalized spacial score (nSPS) is 11.2. The number of carbonyl (C=O) groups excluding carboxylic acids is 1. The summed E-state index contributed by atoms with van der Waals surface area (Å²) in [6.45, 7) is 1.62. The van der Waals surface area contributed by atoms with E-state index in [1.54, 1.807) is 32.4 Å². The Hall–Kier alpha value is -2.38. The Labute approximate surface area is 147 Å². The molecule has 0 spiro atoms. The number of rotatable bonds is 8. The third-order valence-corrected chi connectivity index (χ3v) is 5.16. The van der Waals surface area contributed by atoms with Crippen molar-refractivity contribution in [1.29, 1.82) is 0 Å². The van der Waals surface area contributed by atoms with E-state index < -0.39 is 10.0 Å². The van der Waals surface area contributed by atoms with Gasteiger partial charge in [-0.05, 0) is 43.2 Å². The van der Waals surface area contributed by atoms with Crippen molar-refractivity contribution in [2.75, 3.05) is 20.8 Å². The summed E-state index contributed by atoms with van der Waals surface area (Å²) in [6, 6.07) is 11.4. The lowest BCUT2D eigenvalue weighted by Gasteiger charge is -2.10. The Morgan fingerprint density at radius 1 is 1.04 bits per heavy atom. The molecule has 0 atom stereocenters. The Morgan fingerprint density at radius 3 is 2.40 bits per heavy atom. The van der Waals surface area contributed by atoms with Gasteiger partial charge in [0.1, 0.15) is 0 Å². The molecule has 0 unspecified atom stereocenters. The maximum Gasteiger partial charge on any atom is 0.240 e. The number of hydrogen-bond acceptors (Lipinski definition) is 5. The van der Waals surface area contributed by atoms with Gasteiger partial charge in [-0.15, -0.1) is 0 Å². The van der Waals surface area contributed by atoms with Crippen molar-refractivity contribution in [2.24, 2.45) is 0 Å². The minimum atomic E-state index is -3.67. The van der Waals surface area contributed by atoms with Gasteiger partial charge in [0, 0.05) is 12.1 Å². The van der Waals surface area contributed by atoms with Crippen molar-refractivity contribution in [1.82, 2.24) is 4.72 Å². The van der Waals surface area contributed by atoms with Crippen LogP contribution in [-0.2, 0) is 16.4 Å². The van der Waals surface area contributed by atoms with Gasteiger partial charge in [-0.1, -0.05) is 18.2 Å². The van der Waals surface area contributed by atoms with Crippen LogP contribution in [0.4, 0.5) is 0 Å². The molecule has 1 N–H and O–H groups in total. The first kappa shape index (κ1) is 19.0. The van der Waals surface area contributed by atoms with Gasteiger partial charge < -0.3 is 9.47 Å².